The number of carbonyl (C=O) groups is 1. The molecular weight excluding hydrogens is 320 g/mol. The fourth-order valence-corrected chi connectivity index (χ4v) is 3.80. The summed E-state index contributed by atoms with van der Waals surface area (Å²) >= 11 is 0. The van der Waals surface area contributed by atoms with Gasteiger partial charge in [-0.1, -0.05) is 0 Å². The molecule has 134 valence electrons. The Kier molecular flexibility index (Phi) is 4.29. The number of carbonyl (C=O) groups excluding carboxylic acids is 1. The van der Waals surface area contributed by atoms with Crippen LogP contribution < -0.4 is 4.90 Å². The van der Waals surface area contributed by atoms with E-state index in [0.717, 1.165) is 43.0 Å². The van der Waals surface area contributed by atoms with Crippen LogP contribution in [-0.4, -0.2) is 69.8 Å². The van der Waals surface area contributed by atoms with Crippen LogP contribution in [0.1, 0.15) is 24.1 Å². The third-order valence-corrected chi connectivity index (χ3v) is 5.27. The molecule has 0 bridgehead atoms. The van der Waals surface area contributed by atoms with Crippen molar-refractivity contribution in [2.75, 3.05) is 44.3 Å². The number of amides is 1. The number of nitrogens with zero attached hydrogens (tertiary/aromatic N) is 6. The number of morpholine rings is 1. The molecule has 2 aromatic heterocycles. The van der Waals surface area contributed by atoms with Crippen molar-refractivity contribution in [3.63, 3.8) is 0 Å². The third-order valence-electron chi connectivity index (χ3n) is 5.27. The first-order chi connectivity index (χ1) is 12.1. The fraction of sp³-hybridized carbons (Fsp3) is 0.647. The number of piperidine rings is 1. The normalized spacial score (nSPS) is 21.8. The summed E-state index contributed by atoms with van der Waals surface area (Å²) in [4.78, 5) is 25.8. The minimum Gasteiger partial charge on any atom is -0.378 e. The zero-order valence-corrected chi connectivity index (χ0v) is 14.8. The Labute approximate surface area is 146 Å². The molecule has 0 aromatic carbocycles. The molecule has 2 saturated heterocycles. The van der Waals surface area contributed by atoms with Crippen molar-refractivity contribution in [3.8, 4) is 0 Å². The average molecular weight is 344 g/mol. The minimum atomic E-state index is 0.0262. The molecule has 0 radical (unpaired) electrons. The van der Waals surface area contributed by atoms with Gasteiger partial charge in [0.1, 0.15) is 12.1 Å². The standard InChI is InChI=1S/C17H24N6O2/c1-12-13(2)20-17-18-11-19-23(17)15(12)22-5-3-4-14(10-22)16(24)21-6-8-25-9-7-21/h11,14H,3-10H2,1-2H3/t14-/m0/s1. The van der Waals surface area contributed by atoms with Gasteiger partial charge in [0, 0.05) is 37.4 Å². The second kappa shape index (κ2) is 6.59. The summed E-state index contributed by atoms with van der Waals surface area (Å²) in [6.07, 6.45) is 3.47. The van der Waals surface area contributed by atoms with Gasteiger partial charge < -0.3 is 14.5 Å². The smallest absolute Gasteiger partial charge is 0.254 e. The molecule has 8 nitrogen and oxygen atoms in total. The lowest BCUT2D eigenvalue weighted by Crippen LogP contribution is -2.48. The summed E-state index contributed by atoms with van der Waals surface area (Å²) in [6, 6.07) is 0. The van der Waals surface area contributed by atoms with Crippen molar-refractivity contribution in [3.05, 3.63) is 17.6 Å². The first-order valence-electron chi connectivity index (χ1n) is 8.93. The highest BCUT2D eigenvalue weighted by molar-refractivity contribution is 5.80. The van der Waals surface area contributed by atoms with Gasteiger partial charge in [0.15, 0.2) is 0 Å². The van der Waals surface area contributed by atoms with Crippen LogP contribution in [0.2, 0.25) is 0 Å². The van der Waals surface area contributed by atoms with E-state index in [-0.39, 0.29) is 11.8 Å². The molecule has 8 heteroatoms. The number of aromatic nitrogens is 4. The molecule has 0 unspecified atom stereocenters. The first kappa shape index (κ1) is 16.3. The SMILES string of the molecule is Cc1nc2ncnn2c(N2CCC[C@H](C(=O)N3CCOCC3)C2)c1C. The van der Waals surface area contributed by atoms with Gasteiger partial charge in [-0.15, -0.1) is 0 Å². The highest BCUT2D eigenvalue weighted by atomic mass is 16.5. The van der Waals surface area contributed by atoms with Crippen molar-refractivity contribution in [2.24, 2.45) is 5.92 Å². The van der Waals surface area contributed by atoms with Crippen LogP contribution in [0.3, 0.4) is 0 Å². The number of fused-ring (bicyclic) bond motifs is 1. The van der Waals surface area contributed by atoms with E-state index in [1.807, 2.05) is 11.8 Å². The number of anilines is 1. The number of rotatable bonds is 2. The Bertz CT molecular complexity index is 783. The van der Waals surface area contributed by atoms with E-state index in [9.17, 15) is 4.79 Å². The van der Waals surface area contributed by atoms with Gasteiger partial charge in [-0.3, -0.25) is 4.79 Å². The van der Waals surface area contributed by atoms with E-state index in [0.29, 0.717) is 32.1 Å². The Hall–Kier alpha value is -2.22. The van der Waals surface area contributed by atoms with Crippen molar-refractivity contribution in [2.45, 2.75) is 26.7 Å². The van der Waals surface area contributed by atoms with E-state index in [1.165, 1.54) is 6.33 Å². The largest absolute Gasteiger partial charge is 0.378 e. The monoisotopic (exact) mass is 344 g/mol. The first-order valence-corrected chi connectivity index (χ1v) is 8.93. The minimum absolute atomic E-state index is 0.0262. The zero-order chi connectivity index (χ0) is 17.4. The van der Waals surface area contributed by atoms with Crippen LogP contribution in [0.25, 0.3) is 5.78 Å². The molecule has 0 spiro atoms. The van der Waals surface area contributed by atoms with Crippen molar-refractivity contribution < 1.29 is 9.53 Å². The molecule has 2 aromatic rings. The van der Waals surface area contributed by atoms with Crippen molar-refractivity contribution in [1.29, 1.82) is 0 Å². The Morgan fingerprint density at radius 3 is 2.84 bits per heavy atom. The average Bonchev–Trinajstić information content (AvgIpc) is 3.10. The van der Waals surface area contributed by atoms with Gasteiger partial charge in [0.05, 0.1) is 19.1 Å². The molecule has 2 aliphatic heterocycles. The Balaban J connectivity index is 1.60. The zero-order valence-electron chi connectivity index (χ0n) is 14.8. The molecule has 0 saturated carbocycles. The van der Waals surface area contributed by atoms with Gasteiger partial charge in [-0.2, -0.15) is 14.6 Å². The number of aryl methyl sites for hydroxylation is 1. The molecule has 0 N–H and O–H groups in total. The maximum atomic E-state index is 12.9. The topological polar surface area (TPSA) is 75.9 Å². The Morgan fingerprint density at radius 1 is 1.24 bits per heavy atom. The molecule has 4 rings (SSSR count). The third kappa shape index (κ3) is 2.95. The molecule has 0 aliphatic carbocycles. The molecule has 4 heterocycles. The molecular formula is C17H24N6O2. The Morgan fingerprint density at radius 2 is 2.04 bits per heavy atom. The predicted octanol–water partition coefficient (Wildman–Crippen LogP) is 0.816. The van der Waals surface area contributed by atoms with Crippen molar-refractivity contribution >= 4 is 17.5 Å². The summed E-state index contributed by atoms with van der Waals surface area (Å²) in [5, 5.41) is 4.35. The summed E-state index contributed by atoms with van der Waals surface area (Å²) < 4.78 is 7.16. The summed E-state index contributed by atoms with van der Waals surface area (Å²) in [7, 11) is 0. The van der Waals surface area contributed by atoms with Crippen LogP contribution in [0, 0.1) is 19.8 Å². The number of hydrogen-bond donors (Lipinski definition) is 0. The summed E-state index contributed by atoms with van der Waals surface area (Å²) in [5.74, 6) is 1.91. The molecule has 2 aliphatic rings. The highest BCUT2D eigenvalue weighted by Crippen LogP contribution is 2.28. The lowest BCUT2D eigenvalue weighted by atomic mass is 9.96. The summed E-state index contributed by atoms with van der Waals surface area (Å²) in [6.45, 7) is 8.39. The maximum absolute atomic E-state index is 12.9. The second-order valence-electron chi connectivity index (χ2n) is 6.84. The van der Waals surface area contributed by atoms with Gasteiger partial charge >= 0.3 is 0 Å². The maximum Gasteiger partial charge on any atom is 0.254 e. The van der Waals surface area contributed by atoms with E-state index in [4.69, 9.17) is 4.74 Å². The van der Waals surface area contributed by atoms with Gasteiger partial charge in [-0.25, -0.2) is 4.98 Å². The summed E-state index contributed by atoms with van der Waals surface area (Å²) in [5.41, 5.74) is 2.05. The second-order valence-corrected chi connectivity index (χ2v) is 6.84. The van der Waals surface area contributed by atoms with Crippen LogP contribution in [-0.2, 0) is 9.53 Å². The number of ether oxygens (including phenoxy) is 1. The lowest BCUT2D eigenvalue weighted by Gasteiger charge is -2.37. The quantitative estimate of drug-likeness (QED) is 0.803. The molecule has 2 fully saturated rings. The van der Waals surface area contributed by atoms with Crippen molar-refractivity contribution in [1.82, 2.24) is 24.5 Å². The lowest BCUT2D eigenvalue weighted by molar-refractivity contribution is -0.139. The van der Waals surface area contributed by atoms with Crippen LogP contribution in [0.15, 0.2) is 6.33 Å². The van der Waals surface area contributed by atoms with Crippen LogP contribution in [0.5, 0.6) is 0 Å². The van der Waals surface area contributed by atoms with Gasteiger partial charge in [0.25, 0.3) is 5.78 Å². The number of hydrogen-bond acceptors (Lipinski definition) is 6. The molecule has 1 atom stereocenters. The molecule has 25 heavy (non-hydrogen) atoms. The van der Waals surface area contributed by atoms with Gasteiger partial charge in [-0.05, 0) is 26.7 Å². The predicted molar refractivity (Wildman–Crippen MR) is 92.6 cm³/mol. The highest BCUT2D eigenvalue weighted by Gasteiger charge is 2.32. The van der Waals surface area contributed by atoms with E-state index in [1.54, 1.807) is 4.52 Å². The van der Waals surface area contributed by atoms with E-state index >= 15 is 0 Å². The fourth-order valence-electron chi connectivity index (χ4n) is 3.80. The van der Waals surface area contributed by atoms with E-state index in [2.05, 4.69) is 26.9 Å². The van der Waals surface area contributed by atoms with E-state index < -0.39 is 0 Å². The van der Waals surface area contributed by atoms with Crippen LogP contribution in [0.4, 0.5) is 5.82 Å². The van der Waals surface area contributed by atoms with Gasteiger partial charge in [0.2, 0.25) is 5.91 Å². The van der Waals surface area contributed by atoms with Crippen LogP contribution >= 0.6 is 0 Å². The molecule has 1 amide bonds.